The van der Waals surface area contributed by atoms with Crippen molar-refractivity contribution < 1.29 is 19.4 Å². The van der Waals surface area contributed by atoms with Crippen LogP contribution in [0.4, 0.5) is 5.95 Å². The van der Waals surface area contributed by atoms with Gasteiger partial charge >= 0.3 is 0 Å². The Morgan fingerprint density at radius 2 is 2.50 bits per heavy atom. The Kier molecular flexibility index (Phi) is 3.57. The van der Waals surface area contributed by atoms with Gasteiger partial charge in [-0.25, -0.2) is 0 Å². The molecule has 0 amide bonds. The van der Waals surface area contributed by atoms with E-state index in [0.29, 0.717) is 0 Å². The number of imidazole rings is 1. The molecule has 0 aliphatic carbocycles. The molecule has 114 valence electrons. The molecule has 1 saturated heterocycles. The van der Waals surface area contributed by atoms with Crippen molar-refractivity contribution >= 4 is 24.5 Å². The molecule has 0 saturated carbocycles. The highest BCUT2D eigenvalue weighted by Crippen LogP contribution is 2.29. The largest absolute Gasteiger partial charge is 0.465 e. The van der Waals surface area contributed by atoms with Crippen LogP contribution in [0.3, 0.4) is 0 Å². The van der Waals surface area contributed by atoms with Crippen molar-refractivity contribution in [3.63, 3.8) is 0 Å². The number of rotatable bonds is 3. The summed E-state index contributed by atoms with van der Waals surface area (Å²) in [5, 5.41) is 27.8. The maximum atomic E-state index is 12.0. The Morgan fingerprint density at radius 1 is 1.73 bits per heavy atom. The minimum atomic E-state index is -0.833. The summed E-state index contributed by atoms with van der Waals surface area (Å²) in [5.74, 6) is 1.76. The van der Waals surface area contributed by atoms with Crippen LogP contribution in [-0.2, 0) is 4.74 Å². The highest BCUT2D eigenvalue weighted by Gasteiger charge is 2.38. The van der Waals surface area contributed by atoms with E-state index >= 15 is 0 Å². The number of hydrogen-bond donors (Lipinski definition) is 4. The standard InChI is InChI=1S/C11H12BN6O4/c13-3-12-18-4-17(7-1-5(20)6(2-19)22-7)9-8(18)10(21)16-11(14)15-9/h4-7,19-20H,1-2H2,(H2-,14,15,16,21)/q-1/p+1/t5-,6+,7?/m0/s1. The SMILES string of the molecule is N#C[B-][n+]1cn(C2C[C@H](O)[C@@H](CO)O2)c2nc(N)[nH]c(=O)c21. The van der Waals surface area contributed by atoms with E-state index in [1.165, 1.54) is 15.4 Å². The van der Waals surface area contributed by atoms with Gasteiger partial charge in [-0.05, 0) is 0 Å². The van der Waals surface area contributed by atoms with Gasteiger partial charge in [-0.2, -0.15) is 15.5 Å². The number of aromatic amines is 1. The lowest BCUT2D eigenvalue weighted by atomic mass is 9.98. The van der Waals surface area contributed by atoms with Crippen molar-refractivity contribution in [1.82, 2.24) is 14.5 Å². The highest BCUT2D eigenvalue weighted by molar-refractivity contribution is 6.35. The van der Waals surface area contributed by atoms with Crippen LogP contribution in [0.25, 0.3) is 11.2 Å². The number of aliphatic hydroxyl groups excluding tert-OH is 2. The van der Waals surface area contributed by atoms with Gasteiger partial charge in [0.05, 0.1) is 20.1 Å². The Morgan fingerprint density at radius 3 is 3.14 bits per heavy atom. The molecular weight excluding hydrogens is 291 g/mol. The van der Waals surface area contributed by atoms with E-state index < -0.39 is 24.0 Å². The first-order valence-electron chi connectivity index (χ1n) is 6.54. The van der Waals surface area contributed by atoms with Crippen molar-refractivity contribution in [2.45, 2.75) is 24.9 Å². The van der Waals surface area contributed by atoms with Gasteiger partial charge in [0.1, 0.15) is 6.10 Å². The normalized spacial score (nSPS) is 24.7. The van der Waals surface area contributed by atoms with Crippen LogP contribution in [-0.4, -0.2) is 51.0 Å². The lowest BCUT2D eigenvalue weighted by Crippen LogP contribution is -2.41. The number of anilines is 1. The van der Waals surface area contributed by atoms with Crippen molar-refractivity contribution in [2.24, 2.45) is 0 Å². The van der Waals surface area contributed by atoms with E-state index in [1.54, 1.807) is 0 Å². The Hall–Kier alpha value is -2.42. The van der Waals surface area contributed by atoms with Gasteiger partial charge in [0.2, 0.25) is 17.7 Å². The zero-order valence-electron chi connectivity index (χ0n) is 11.4. The number of H-pyrrole nitrogens is 1. The molecule has 0 bridgehead atoms. The smallest absolute Gasteiger partial charge is 0.299 e. The van der Waals surface area contributed by atoms with Gasteiger partial charge in [0, 0.05) is 6.42 Å². The van der Waals surface area contributed by atoms with E-state index in [-0.39, 0.29) is 30.1 Å². The molecule has 5 N–H and O–H groups in total. The fourth-order valence-electron chi connectivity index (χ4n) is 2.55. The Bertz CT molecular complexity index is 811. The van der Waals surface area contributed by atoms with E-state index in [4.69, 9.17) is 20.8 Å². The number of aliphatic hydroxyl groups is 2. The molecule has 1 aliphatic rings. The van der Waals surface area contributed by atoms with Gasteiger partial charge in [0.15, 0.2) is 6.33 Å². The van der Waals surface area contributed by atoms with Crippen molar-refractivity contribution in [3.05, 3.63) is 16.7 Å². The van der Waals surface area contributed by atoms with Crippen molar-refractivity contribution in [3.8, 4) is 5.97 Å². The summed E-state index contributed by atoms with van der Waals surface area (Å²) < 4.78 is 8.36. The number of ether oxygens (including phenoxy) is 1. The van der Waals surface area contributed by atoms with Crippen LogP contribution in [0, 0.1) is 11.2 Å². The van der Waals surface area contributed by atoms with Gasteiger partial charge in [-0.15, -0.1) is 0 Å². The minimum absolute atomic E-state index is 0.0711. The topological polar surface area (TPSA) is 154 Å². The minimum Gasteiger partial charge on any atom is -0.465 e. The highest BCUT2D eigenvalue weighted by atomic mass is 16.5. The third-order valence-electron chi connectivity index (χ3n) is 3.54. The van der Waals surface area contributed by atoms with Crippen LogP contribution < -0.4 is 15.8 Å². The summed E-state index contributed by atoms with van der Waals surface area (Å²) in [5.41, 5.74) is 5.43. The number of nitrogens with one attached hydrogen (secondary N) is 1. The summed E-state index contributed by atoms with van der Waals surface area (Å²) in [4.78, 5) is 18.5. The molecule has 1 fully saturated rings. The molecule has 11 heteroatoms. The van der Waals surface area contributed by atoms with Gasteiger partial charge in [-0.3, -0.25) is 15.0 Å². The molecule has 10 nitrogen and oxygen atoms in total. The molecule has 3 rings (SSSR count). The van der Waals surface area contributed by atoms with E-state index in [2.05, 4.69) is 9.97 Å². The fraction of sp³-hybridized carbons (Fsp3) is 0.455. The first-order valence-corrected chi connectivity index (χ1v) is 6.54. The molecule has 2 radical (unpaired) electrons. The van der Waals surface area contributed by atoms with Crippen LogP contribution in [0.15, 0.2) is 11.1 Å². The molecule has 1 aliphatic heterocycles. The van der Waals surface area contributed by atoms with Crippen molar-refractivity contribution in [1.29, 1.82) is 5.26 Å². The maximum Gasteiger partial charge on any atom is 0.299 e. The van der Waals surface area contributed by atoms with E-state index in [9.17, 15) is 9.90 Å². The summed E-state index contributed by atoms with van der Waals surface area (Å²) in [6.07, 6.45) is -0.491. The Labute approximate surface area is 124 Å². The molecule has 2 aromatic heterocycles. The number of aromatic nitrogens is 4. The molecule has 0 spiro atoms. The first-order chi connectivity index (χ1) is 10.5. The summed E-state index contributed by atoms with van der Waals surface area (Å²) in [6, 6.07) is 0. The molecule has 1 unspecified atom stereocenters. The number of nitriles is 1. The van der Waals surface area contributed by atoms with Crippen LogP contribution >= 0.6 is 0 Å². The van der Waals surface area contributed by atoms with Crippen LogP contribution in [0.1, 0.15) is 12.6 Å². The second kappa shape index (κ2) is 5.41. The third kappa shape index (κ3) is 2.23. The van der Waals surface area contributed by atoms with Gasteiger partial charge in [0.25, 0.3) is 11.2 Å². The summed E-state index contributed by atoms with van der Waals surface area (Å²) >= 11 is 0. The molecule has 22 heavy (non-hydrogen) atoms. The monoisotopic (exact) mass is 304 g/mol. The second-order valence-corrected chi connectivity index (χ2v) is 4.93. The Balaban J connectivity index is 2.14. The van der Waals surface area contributed by atoms with Gasteiger partial charge < -0.3 is 25.2 Å². The van der Waals surface area contributed by atoms with Crippen molar-refractivity contribution in [2.75, 3.05) is 12.3 Å². The second-order valence-electron chi connectivity index (χ2n) is 4.93. The average Bonchev–Trinajstić information content (AvgIpc) is 3.00. The molecule has 3 atom stereocenters. The van der Waals surface area contributed by atoms with Crippen LogP contribution in [0.2, 0.25) is 0 Å². The maximum absolute atomic E-state index is 12.0. The number of nitrogen functional groups attached to an aromatic ring is 1. The summed E-state index contributed by atoms with van der Waals surface area (Å²) in [7, 11) is 1.14. The zero-order chi connectivity index (χ0) is 15.9. The lowest BCUT2D eigenvalue weighted by molar-refractivity contribution is -0.499. The molecule has 0 aromatic carbocycles. The lowest BCUT2D eigenvalue weighted by Gasteiger charge is -2.09. The van der Waals surface area contributed by atoms with E-state index in [1.807, 2.05) is 5.97 Å². The third-order valence-corrected chi connectivity index (χ3v) is 3.54. The predicted octanol–water partition coefficient (Wildman–Crippen LogP) is -2.82. The fourth-order valence-corrected chi connectivity index (χ4v) is 2.55. The summed E-state index contributed by atoms with van der Waals surface area (Å²) in [6.45, 7) is -0.322. The zero-order valence-corrected chi connectivity index (χ0v) is 11.4. The number of hydrogen-bond acceptors (Lipinski definition) is 7. The van der Waals surface area contributed by atoms with Gasteiger partial charge in [-0.1, -0.05) is 0 Å². The molecule has 2 aromatic rings. The number of nitrogens with two attached hydrogens (primary N) is 1. The first kappa shape index (κ1) is 14.5. The van der Waals surface area contributed by atoms with Crippen LogP contribution in [0.5, 0.6) is 0 Å². The quantitative estimate of drug-likeness (QED) is 0.446. The molecule has 3 heterocycles. The number of nitrogens with zero attached hydrogens (tertiary/aromatic N) is 4. The number of fused-ring (bicyclic) bond motifs is 1. The van der Waals surface area contributed by atoms with E-state index in [0.717, 1.165) is 7.41 Å². The average molecular weight is 304 g/mol. The molecular formula is C11H13BN6O4. The predicted molar refractivity (Wildman–Crippen MR) is 73.3 cm³/mol.